The predicted molar refractivity (Wildman–Crippen MR) is 96.5 cm³/mol. The number of allylic oxidation sites excluding steroid dienone is 1. The third-order valence-corrected chi connectivity index (χ3v) is 4.19. The first kappa shape index (κ1) is 16.6. The third-order valence-electron chi connectivity index (χ3n) is 3.33. The van der Waals surface area contributed by atoms with Gasteiger partial charge < -0.3 is 8.98 Å². The van der Waals surface area contributed by atoms with Gasteiger partial charge in [-0.05, 0) is 12.1 Å². The molecule has 0 saturated carbocycles. The standard InChI is InChI=1S/C17H14N4O3S/c1-2-8-20-16(13-5-3-6-14(10-13)21(22)23)12-25-17(20)19-18-11-15-7-4-9-24-15/h2-7,9-12H,1,8H2/b18-11-,19-17-. The first-order valence-corrected chi connectivity index (χ1v) is 8.21. The third kappa shape index (κ3) is 3.81. The Morgan fingerprint density at radius 2 is 2.24 bits per heavy atom. The summed E-state index contributed by atoms with van der Waals surface area (Å²) in [6.07, 6.45) is 4.82. The summed E-state index contributed by atoms with van der Waals surface area (Å²) >= 11 is 1.40. The highest BCUT2D eigenvalue weighted by molar-refractivity contribution is 7.07. The van der Waals surface area contributed by atoms with Crippen LogP contribution in [0.25, 0.3) is 11.3 Å². The van der Waals surface area contributed by atoms with Gasteiger partial charge in [0, 0.05) is 29.6 Å². The van der Waals surface area contributed by atoms with Crippen molar-refractivity contribution >= 4 is 23.2 Å². The predicted octanol–water partition coefficient (Wildman–Crippen LogP) is 3.84. The van der Waals surface area contributed by atoms with Crippen molar-refractivity contribution in [2.24, 2.45) is 10.2 Å². The number of hydrogen-bond acceptors (Lipinski definition) is 6. The molecule has 0 unspecified atom stereocenters. The fourth-order valence-corrected chi connectivity index (χ4v) is 3.10. The molecule has 0 amide bonds. The Morgan fingerprint density at radius 3 is 2.96 bits per heavy atom. The van der Waals surface area contributed by atoms with Crippen LogP contribution in [0, 0.1) is 10.1 Å². The van der Waals surface area contributed by atoms with Crippen LogP contribution in [-0.4, -0.2) is 15.7 Å². The molecule has 0 radical (unpaired) electrons. The Labute approximate surface area is 147 Å². The van der Waals surface area contributed by atoms with Gasteiger partial charge in [0.1, 0.15) is 5.76 Å². The largest absolute Gasteiger partial charge is 0.463 e. The summed E-state index contributed by atoms with van der Waals surface area (Å²) in [4.78, 5) is 11.2. The molecule has 0 fully saturated rings. The quantitative estimate of drug-likeness (QED) is 0.292. The second-order valence-corrected chi connectivity index (χ2v) is 5.81. The average Bonchev–Trinajstić information content (AvgIpc) is 3.26. The van der Waals surface area contributed by atoms with E-state index in [0.717, 1.165) is 11.3 Å². The van der Waals surface area contributed by atoms with Crippen LogP contribution in [0.3, 0.4) is 0 Å². The van der Waals surface area contributed by atoms with Crippen molar-refractivity contribution < 1.29 is 9.34 Å². The number of benzene rings is 1. The van der Waals surface area contributed by atoms with Crippen LogP contribution in [0.15, 0.2) is 75.3 Å². The van der Waals surface area contributed by atoms with E-state index in [1.165, 1.54) is 29.7 Å². The zero-order valence-corrected chi connectivity index (χ0v) is 13.9. The molecule has 0 bridgehead atoms. The van der Waals surface area contributed by atoms with Crippen molar-refractivity contribution in [3.05, 3.63) is 81.4 Å². The summed E-state index contributed by atoms with van der Waals surface area (Å²) in [6.45, 7) is 4.27. The number of nitro benzene ring substituents is 1. The summed E-state index contributed by atoms with van der Waals surface area (Å²) in [5.41, 5.74) is 1.60. The molecule has 3 rings (SSSR count). The Hall–Kier alpha value is -3.26. The molecule has 0 aliphatic carbocycles. The van der Waals surface area contributed by atoms with Gasteiger partial charge in [0.2, 0.25) is 4.80 Å². The van der Waals surface area contributed by atoms with Crippen molar-refractivity contribution in [1.82, 2.24) is 4.57 Å². The Morgan fingerprint density at radius 1 is 1.36 bits per heavy atom. The molecular weight excluding hydrogens is 340 g/mol. The molecular formula is C17H14N4O3S. The van der Waals surface area contributed by atoms with E-state index in [9.17, 15) is 10.1 Å². The van der Waals surface area contributed by atoms with E-state index in [0.29, 0.717) is 17.1 Å². The van der Waals surface area contributed by atoms with E-state index in [1.54, 1.807) is 30.5 Å². The lowest BCUT2D eigenvalue weighted by Crippen LogP contribution is -2.14. The van der Waals surface area contributed by atoms with Crippen molar-refractivity contribution in [2.45, 2.75) is 6.54 Å². The van der Waals surface area contributed by atoms with Crippen molar-refractivity contribution in [2.75, 3.05) is 0 Å². The number of nitrogens with zero attached hydrogens (tertiary/aromatic N) is 4. The van der Waals surface area contributed by atoms with Gasteiger partial charge in [-0.3, -0.25) is 10.1 Å². The maximum Gasteiger partial charge on any atom is 0.270 e. The van der Waals surface area contributed by atoms with Gasteiger partial charge in [-0.15, -0.1) is 23.0 Å². The van der Waals surface area contributed by atoms with Crippen molar-refractivity contribution in [3.63, 3.8) is 0 Å². The van der Waals surface area contributed by atoms with E-state index in [2.05, 4.69) is 16.8 Å². The van der Waals surface area contributed by atoms with Gasteiger partial charge in [-0.2, -0.15) is 5.10 Å². The summed E-state index contributed by atoms with van der Waals surface area (Å²) in [5, 5.41) is 21.1. The maximum absolute atomic E-state index is 11.0. The lowest BCUT2D eigenvalue weighted by atomic mass is 10.1. The molecule has 0 aliphatic heterocycles. The van der Waals surface area contributed by atoms with Crippen LogP contribution in [0.4, 0.5) is 5.69 Å². The minimum Gasteiger partial charge on any atom is -0.463 e. The molecule has 7 nitrogen and oxygen atoms in total. The number of rotatable bonds is 6. The fourth-order valence-electron chi connectivity index (χ4n) is 2.22. The molecule has 0 aliphatic rings. The fraction of sp³-hybridized carbons (Fsp3) is 0.0588. The molecule has 8 heteroatoms. The highest BCUT2D eigenvalue weighted by Gasteiger charge is 2.11. The highest BCUT2D eigenvalue weighted by Crippen LogP contribution is 2.24. The zero-order valence-electron chi connectivity index (χ0n) is 13.1. The first-order chi connectivity index (χ1) is 12.2. The van der Waals surface area contributed by atoms with Crippen LogP contribution in [-0.2, 0) is 6.54 Å². The van der Waals surface area contributed by atoms with E-state index >= 15 is 0 Å². The minimum absolute atomic E-state index is 0.0446. The van der Waals surface area contributed by atoms with Gasteiger partial charge in [0.15, 0.2) is 0 Å². The summed E-state index contributed by atoms with van der Waals surface area (Å²) in [7, 11) is 0. The second kappa shape index (κ2) is 7.54. The Kier molecular flexibility index (Phi) is 5.00. The molecule has 2 heterocycles. The monoisotopic (exact) mass is 354 g/mol. The van der Waals surface area contributed by atoms with E-state index in [4.69, 9.17) is 4.42 Å². The number of non-ortho nitro benzene ring substituents is 1. The average molecular weight is 354 g/mol. The zero-order chi connectivity index (χ0) is 17.6. The second-order valence-electron chi connectivity index (χ2n) is 4.97. The first-order valence-electron chi connectivity index (χ1n) is 7.33. The number of thiazole rings is 1. The van der Waals surface area contributed by atoms with Gasteiger partial charge in [-0.25, -0.2) is 0 Å². The SMILES string of the molecule is C=CCn1c(-c2cccc([N+](=O)[O-])c2)cs/c1=N\N=C/c1ccco1. The van der Waals surface area contributed by atoms with Crippen LogP contribution in [0.1, 0.15) is 5.76 Å². The lowest BCUT2D eigenvalue weighted by Gasteiger charge is -2.06. The Balaban J connectivity index is 2.01. The summed E-state index contributed by atoms with van der Waals surface area (Å²) in [5.74, 6) is 0.606. The van der Waals surface area contributed by atoms with Crippen molar-refractivity contribution in [1.29, 1.82) is 0 Å². The molecule has 0 N–H and O–H groups in total. The summed E-state index contributed by atoms with van der Waals surface area (Å²) in [6, 6.07) is 10.0. The number of aromatic nitrogens is 1. The molecule has 126 valence electrons. The van der Waals surface area contributed by atoms with E-state index < -0.39 is 4.92 Å². The smallest absolute Gasteiger partial charge is 0.270 e. The normalized spacial score (nSPS) is 11.9. The molecule has 1 aromatic carbocycles. The van der Waals surface area contributed by atoms with E-state index in [-0.39, 0.29) is 5.69 Å². The van der Waals surface area contributed by atoms with Gasteiger partial charge in [0.05, 0.1) is 23.1 Å². The molecule has 0 spiro atoms. The molecule has 0 atom stereocenters. The van der Waals surface area contributed by atoms with Crippen LogP contribution in [0.2, 0.25) is 0 Å². The molecule has 3 aromatic rings. The van der Waals surface area contributed by atoms with Gasteiger partial charge in [0.25, 0.3) is 5.69 Å². The lowest BCUT2D eigenvalue weighted by molar-refractivity contribution is -0.384. The molecule has 25 heavy (non-hydrogen) atoms. The highest BCUT2D eigenvalue weighted by atomic mass is 32.1. The minimum atomic E-state index is -0.410. The molecule has 0 saturated heterocycles. The van der Waals surface area contributed by atoms with Crippen molar-refractivity contribution in [3.8, 4) is 11.3 Å². The van der Waals surface area contributed by atoms with Crippen LogP contribution < -0.4 is 4.80 Å². The van der Waals surface area contributed by atoms with Gasteiger partial charge >= 0.3 is 0 Å². The number of hydrogen-bond donors (Lipinski definition) is 0. The Bertz CT molecular complexity index is 983. The topological polar surface area (TPSA) is 85.9 Å². The maximum atomic E-state index is 11.0. The number of nitro groups is 1. The van der Waals surface area contributed by atoms with Crippen LogP contribution in [0.5, 0.6) is 0 Å². The van der Waals surface area contributed by atoms with E-state index in [1.807, 2.05) is 16.0 Å². The molecule has 2 aromatic heterocycles. The van der Waals surface area contributed by atoms with Gasteiger partial charge in [-0.1, -0.05) is 18.2 Å². The summed E-state index contributed by atoms with van der Waals surface area (Å²) < 4.78 is 7.07. The van der Waals surface area contributed by atoms with Crippen LogP contribution >= 0.6 is 11.3 Å². The number of furan rings is 1.